The van der Waals surface area contributed by atoms with Gasteiger partial charge in [0.1, 0.15) is 5.75 Å². The third-order valence-corrected chi connectivity index (χ3v) is 3.17. The molecule has 0 aliphatic carbocycles. The number of aliphatic carboxylic acids is 1. The minimum absolute atomic E-state index is 0.000372. The lowest BCUT2D eigenvalue weighted by atomic mass is 10.0. The molecular weight excluding hydrogens is 278 g/mol. The average molecular weight is 293 g/mol. The summed E-state index contributed by atoms with van der Waals surface area (Å²) in [6.45, 7) is 3.11. The lowest BCUT2D eigenvalue weighted by molar-refractivity contribution is -0.137. The van der Waals surface area contributed by atoms with Crippen LogP contribution in [-0.4, -0.2) is 40.2 Å². The first kappa shape index (κ1) is 14.8. The second-order valence-corrected chi connectivity index (χ2v) is 5.20. The van der Waals surface area contributed by atoms with Crippen LogP contribution in [0, 0.1) is 0 Å². The maximum Gasteiger partial charge on any atom is 0.335 e. The molecule has 0 unspecified atom stereocenters. The molecule has 1 aliphatic heterocycles. The molecule has 0 fully saturated rings. The second-order valence-electron chi connectivity index (χ2n) is 5.20. The number of hydrogen-bond donors (Lipinski definition) is 2. The summed E-state index contributed by atoms with van der Waals surface area (Å²) in [5, 5.41) is 17.8. The summed E-state index contributed by atoms with van der Waals surface area (Å²) in [6.07, 6.45) is -0.206. The normalized spacial score (nSPS) is 16.1. The minimum Gasteiger partial charge on any atom is -0.481 e. The second kappa shape index (κ2) is 5.08. The van der Waals surface area contributed by atoms with E-state index in [4.69, 9.17) is 14.9 Å². The van der Waals surface area contributed by atoms with E-state index in [9.17, 15) is 14.4 Å². The number of carboxylic acids is 2. The summed E-state index contributed by atoms with van der Waals surface area (Å²) >= 11 is 0. The number of anilines is 1. The van der Waals surface area contributed by atoms with Gasteiger partial charge in [0.15, 0.2) is 5.60 Å². The number of amides is 1. The Labute approximate surface area is 120 Å². The lowest BCUT2D eigenvalue weighted by Gasteiger charge is -2.38. The number of carbonyl (C=O) groups excluding carboxylic acids is 1. The zero-order chi connectivity index (χ0) is 15.8. The van der Waals surface area contributed by atoms with Crippen LogP contribution in [0.4, 0.5) is 5.69 Å². The average Bonchev–Trinajstić information content (AvgIpc) is 2.38. The van der Waals surface area contributed by atoms with Crippen LogP contribution in [-0.2, 0) is 9.59 Å². The maximum atomic E-state index is 12.3. The molecule has 1 aromatic rings. The third-order valence-electron chi connectivity index (χ3n) is 3.17. The molecule has 0 saturated heterocycles. The van der Waals surface area contributed by atoms with Gasteiger partial charge in [-0.05, 0) is 32.0 Å². The summed E-state index contributed by atoms with van der Waals surface area (Å²) in [7, 11) is 0. The predicted molar refractivity (Wildman–Crippen MR) is 72.7 cm³/mol. The molecule has 2 rings (SSSR count). The van der Waals surface area contributed by atoms with Gasteiger partial charge in [-0.1, -0.05) is 0 Å². The van der Waals surface area contributed by atoms with Gasteiger partial charge in [0.05, 0.1) is 17.7 Å². The number of hydrogen-bond acceptors (Lipinski definition) is 4. The molecule has 7 nitrogen and oxygen atoms in total. The number of benzene rings is 1. The van der Waals surface area contributed by atoms with Crippen molar-refractivity contribution in [2.24, 2.45) is 0 Å². The van der Waals surface area contributed by atoms with Gasteiger partial charge < -0.3 is 19.8 Å². The van der Waals surface area contributed by atoms with E-state index < -0.39 is 17.5 Å². The highest BCUT2D eigenvalue weighted by atomic mass is 16.5. The molecule has 21 heavy (non-hydrogen) atoms. The highest BCUT2D eigenvalue weighted by molar-refractivity contribution is 6.03. The number of carboxylic acid groups (broad SMARTS) is 2. The Balaban J connectivity index is 2.44. The van der Waals surface area contributed by atoms with E-state index in [1.165, 1.54) is 23.1 Å². The van der Waals surface area contributed by atoms with Gasteiger partial charge in [0.2, 0.25) is 0 Å². The largest absolute Gasteiger partial charge is 0.481 e. The van der Waals surface area contributed by atoms with E-state index in [1.807, 2.05) is 0 Å². The molecule has 1 amide bonds. The van der Waals surface area contributed by atoms with E-state index in [0.29, 0.717) is 5.69 Å². The first-order chi connectivity index (χ1) is 9.72. The van der Waals surface area contributed by atoms with Crippen LogP contribution in [0.25, 0.3) is 0 Å². The van der Waals surface area contributed by atoms with Crippen molar-refractivity contribution in [2.75, 3.05) is 11.4 Å². The van der Waals surface area contributed by atoms with Crippen LogP contribution >= 0.6 is 0 Å². The zero-order valence-corrected chi connectivity index (χ0v) is 11.6. The molecule has 1 heterocycles. The topological polar surface area (TPSA) is 104 Å². The molecule has 0 saturated carbocycles. The standard InChI is InChI=1S/C14H15NO6/c1-14(2)13(20)15(6-5-11(16)17)9-4-3-8(12(18)19)7-10(9)21-14/h3-4,7H,5-6H2,1-2H3,(H,16,17)(H,18,19). The molecule has 0 spiro atoms. The Hall–Kier alpha value is -2.57. The van der Waals surface area contributed by atoms with Gasteiger partial charge in [-0.3, -0.25) is 9.59 Å². The van der Waals surface area contributed by atoms with Gasteiger partial charge >= 0.3 is 11.9 Å². The minimum atomic E-state index is -1.18. The fraction of sp³-hybridized carbons (Fsp3) is 0.357. The van der Waals surface area contributed by atoms with E-state index in [2.05, 4.69) is 0 Å². The molecule has 2 N–H and O–H groups in total. The van der Waals surface area contributed by atoms with E-state index in [0.717, 1.165) is 0 Å². The fourth-order valence-corrected chi connectivity index (χ4v) is 2.13. The Morgan fingerprint density at radius 2 is 1.95 bits per heavy atom. The van der Waals surface area contributed by atoms with Crippen molar-refractivity contribution in [3.05, 3.63) is 23.8 Å². The highest BCUT2D eigenvalue weighted by Gasteiger charge is 2.41. The molecular formula is C14H15NO6. The Morgan fingerprint density at radius 1 is 1.29 bits per heavy atom. The van der Waals surface area contributed by atoms with Gasteiger partial charge in [-0.15, -0.1) is 0 Å². The monoisotopic (exact) mass is 293 g/mol. The zero-order valence-electron chi connectivity index (χ0n) is 11.6. The maximum absolute atomic E-state index is 12.3. The van der Waals surface area contributed by atoms with Crippen LogP contribution in [0.1, 0.15) is 30.6 Å². The first-order valence-electron chi connectivity index (χ1n) is 6.32. The molecule has 0 radical (unpaired) electrons. The Kier molecular flexibility index (Phi) is 3.59. The summed E-state index contributed by atoms with van der Waals surface area (Å²) < 4.78 is 5.56. The molecule has 0 atom stereocenters. The summed E-state index contributed by atoms with van der Waals surface area (Å²) in [5.41, 5.74) is -0.759. The van der Waals surface area contributed by atoms with E-state index in [1.54, 1.807) is 13.8 Å². The predicted octanol–water partition coefficient (Wildman–Crippen LogP) is 1.36. The van der Waals surface area contributed by atoms with Crippen molar-refractivity contribution in [1.29, 1.82) is 0 Å². The molecule has 7 heteroatoms. The summed E-state index contributed by atoms with van der Waals surface area (Å²) in [4.78, 5) is 35.4. The highest BCUT2D eigenvalue weighted by Crippen LogP contribution is 2.38. The van der Waals surface area contributed by atoms with Crippen molar-refractivity contribution in [3.8, 4) is 5.75 Å². The van der Waals surface area contributed by atoms with Gasteiger partial charge in [0.25, 0.3) is 5.91 Å². The van der Waals surface area contributed by atoms with Crippen LogP contribution < -0.4 is 9.64 Å². The molecule has 0 aromatic heterocycles. The number of carbonyl (C=O) groups is 3. The number of rotatable bonds is 4. The number of ether oxygens (including phenoxy) is 1. The number of fused-ring (bicyclic) bond motifs is 1. The molecule has 1 aliphatic rings. The Bertz CT molecular complexity index is 622. The summed E-state index contributed by atoms with van der Waals surface area (Å²) in [5.74, 6) is -2.23. The number of nitrogens with zero attached hydrogens (tertiary/aromatic N) is 1. The lowest BCUT2D eigenvalue weighted by Crippen LogP contribution is -2.53. The van der Waals surface area contributed by atoms with E-state index in [-0.39, 0.29) is 30.2 Å². The van der Waals surface area contributed by atoms with Crippen LogP contribution in [0.15, 0.2) is 18.2 Å². The van der Waals surface area contributed by atoms with Crippen molar-refractivity contribution in [2.45, 2.75) is 25.9 Å². The van der Waals surface area contributed by atoms with Gasteiger partial charge in [-0.25, -0.2) is 4.79 Å². The van der Waals surface area contributed by atoms with Crippen LogP contribution in [0.3, 0.4) is 0 Å². The molecule has 0 bridgehead atoms. The fourth-order valence-electron chi connectivity index (χ4n) is 2.13. The van der Waals surface area contributed by atoms with Crippen LogP contribution in [0.5, 0.6) is 5.75 Å². The van der Waals surface area contributed by atoms with Gasteiger partial charge in [0, 0.05) is 6.54 Å². The quantitative estimate of drug-likeness (QED) is 0.868. The van der Waals surface area contributed by atoms with E-state index >= 15 is 0 Å². The third kappa shape index (κ3) is 2.81. The van der Waals surface area contributed by atoms with Crippen molar-refractivity contribution in [3.63, 3.8) is 0 Å². The van der Waals surface area contributed by atoms with Crippen molar-refractivity contribution >= 4 is 23.5 Å². The van der Waals surface area contributed by atoms with Crippen LogP contribution in [0.2, 0.25) is 0 Å². The first-order valence-corrected chi connectivity index (χ1v) is 6.32. The molecule has 1 aromatic carbocycles. The van der Waals surface area contributed by atoms with Crippen molar-refractivity contribution in [1.82, 2.24) is 0 Å². The SMILES string of the molecule is CC1(C)Oc2cc(C(=O)O)ccc2N(CCC(=O)O)C1=O. The Morgan fingerprint density at radius 3 is 2.52 bits per heavy atom. The van der Waals surface area contributed by atoms with Crippen molar-refractivity contribution < 1.29 is 29.3 Å². The number of aromatic carboxylic acids is 1. The smallest absolute Gasteiger partial charge is 0.335 e. The summed E-state index contributed by atoms with van der Waals surface area (Å²) in [6, 6.07) is 4.14. The van der Waals surface area contributed by atoms with Gasteiger partial charge in [-0.2, -0.15) is 0 Å². The molecule has 112 valence electrons.